The van der Waals surface area contributed by atoms with Gasteiger partial charge < -0.3 is 48.5 Å². The van der Waals surface area contributed by atoms with Gasteiger partial charge in [-0.2, -0.15) is 0 Å². The fourth-order valence-electron chi connectivity index (χ4n) is 9.80. The van der Waals surface area contributed by atoms with Crippen molar-refractivity contribution in [2.45, 2.75) is 291 Å². The van der Waals surface area contributed by atoms with Gasteiger partial charge in [-0.1, -0.05) is 276 Å². The van der Waals surface area contributed by atoms with Crippen LogP contribution >= 0.6 is 0 Å². The van der Waals surface area contributed by atoms with Gasteiger partial charge in [0.05, 0.1) is 13.2 Å². The number of hydrogen-bond acceptors (Lipinski definition) is 10. The van der Waals surface area contributed by atoms with Crippen molar-refractivity contribution in [2.75, 3.05) is 26.4 Å². The van der Waals surface area contributed by atoms with E-state index in [-0.39, 0.29) is 86.8 Å². The van der Waals surface area contributed by atoms with Gasteiger partial charge in [-0.25, -0.2) is 0 Å². The van der Waals surface area contributed by atoms with Crippen molar-refractivity contribution in [1.82, 2.24) is 0 Å². The SMILES string of the molecule is C.C.C.C.C.C.C.C.C.C.CCC(C)c1ccc(O)cc1.CCC(C)c1ccc(O)cc1.CCC(C)c1ccc(O)cc1.CCC(C)c1ccc(OC(C)OCCOc2c(C(C)C)cc(C(C)C)cc2C(C)C)cc1.CCC(C)c1ccc(OC(C)OCCOc2ccc(Oc3ccccc3)cc2)cc1. The van der Waals surface area contributed by atoms with Crippen LogP contribution in [0.4, 0.5) is 0 Å². The average Bonchev–Trinajstić information content (AvgIpc) is 0.801. The first-order valence-electron chi connectivity index (χ1n) is 34.9. The summed E-state index contributed by atoms with van der Waals surface area (Å²) < 4.78 is 41.1. The predicted octanol–water partition coefficient (Wildman–Crippen LogP) is 30.3. The molecule has 0 aliphatic rings. The molecule has 0 aliphatic heterocycles. The maximum absolute atomic E-state index is 9.01. The fourth-order valence-corrected chi connectivity index (χ4v) is 9.80. The Balaban J connectivity index is -0.000000241. The molecular weight excluding hydrogens is 1300 g/mol. The van der Waals surface area contributed by atoms with E-state index >= 15 is 0 Å². The van der Waals surface area contributed by atoms with E-state index in [0.29, 0.717) is 91.0 Å². The predicted molar refractivity (Wildman–Crippen MR) is 463 cm³/mol. The molecule has 10 heteroatoms. The summed E-state index contributed by atoms with van der Waals surface area (Å²) in [4.78, 5) is 0. The quantitative estimate of drug-likeness (QED) is 0.0308. The van der Waals surface area contributed by atoms with E-state index in [2.05, 4.69) is 147 Å². The van der Waals surface area contributed by atoms with Crippen LogP contribution in [0.25, 0.3) is 0 Å². The molecule has 0 fully saturated rings. The highest BCUT2D eigenvalue weighted by atomic mass is 16.7. The standard InChI is InChI=1S/C29H44O3.C26H30O4.3C10H14O.10CH4/c1-10-22(8)24-11-13-26(14-12-24)32-23(9)30-15-16-31-29-27(20(4)5)17-25(19(2)3)18-28(29)21(6)7;1-4-20(2)22-10-12-25(13-11-22)29-21(3)27-18-19-28-23-14-16-26(17-15-23)30-24-8-6-5-7-9-24;3*1-3-8(2)9-4-6-10(11)7-5-9;;;;;;;;;;/h11-14,17-23H,10,15-16H2,1-9H3;5-17,20-21H,4,18-19H2,1-3H3;3*4-8,11H,3H2,1-2H3;10*1H4. The van der Waals surface area contributed by atoms with Gasteiger partial charge in [-0.05, 0) is 235 Å². The summed E-state index contributed by atoms with van der Waals surface area (Å²) in [5.41, 5.74) is 10.5. The lowest BCUT2D eigenvalue weighted by Crippen LogP contribution is -2.20. The second kappa shape index (κ2) is 60.2. The Bertz CT molecular complexity index is 3120. The van der Waals surface area contributed by atoms with Crippen molar-refractivity contribution in [2.24, 2.45) is 0 Å². The molecule has 596 valence electrons. The summed E-state index contributed by atoms with van der Waals surface area (Å²) in [6, 6.07) is 60.7. The Labute approximate surface area is 646 Å². The largest absolute Gasteiger partial charge is 0.508 e. The van der Waals surface area contributed by atoms with Gasteiger partial charge in [0.2, 0.25) is 0 Å². The molecule has 8 aromatic carbocycles. The normalized spacial score (nSPS) is 11.9. The number of rotatable bonds is 29. The highest BCUT2D eigenvalue weighted by molar-refractivity contribution is 5.49. The van der Waals surface area contributed by atoms with Crippen molar-refractivity contribution in [3.05, 3.63) is 233 Å². The molecule has 0 aliphatic carbocycles. The molecule has 0 heterocycles. The van der Waals surface area contributed by atoms with Gasteiger partial charge in [-0.3, -0.25) is 0 Å². The van der Waals surface area contributed by atoms with Gasteiger partial charge in [0.1, 0.15) is 65.0 Å². The smallest absolute Gasteiger partial charge is 0.197 e. The summed E-state index contributed by atoms with van der Waals surface area (Å²) in [7, 11) is 0. The summed E-state index contributed by atoms with van der Waals surface area (Å²) in [5, 5.41) is 27.0. The summed E-state index contributed by atoms with van der Waals surface area (Å²) in [6.45, 7) is 41.0. The first-order valence-corrected chi connectivity index (χ1v) is 34.9. The van der Waals surface area contributed by atoms with E-state index < -0.39 is 0 Å². The molecule has 105 heavy (non-hydrogen) atoms. The second-order valence-corrected chi connectivity index (χ2v) is 25.6. The number of phenols is 3. The van der Waals surface area contributed by atoms with Gasteiger partial charge >= 0.3 is 0 Å². The summed E-state index contributed by atoms with van der Waals surface area (Å²) >= 11 is 0. The van der Waals surface area contributed by atoms with Crippen molar-refractivity contribution < 1.29 is 48.5 Å². The summed E-state index contributed by atoms with van der Waals surface area (Å²) in [5.74, 6) is 10.3. The lowest BCUT2D eigenvalue weighted by Gasteiger charge is -2.23. The van der Waals surface area contributed by atoms with Crippen LogP contribution in [0.2, 0.25) is 0 Å². The minimum atomic E-state index is -0.343. The maximum Gasteiger partial charge on any atom is 0.197 e. The number of ether oxygens (including phenoxy) is 7. The Hall–Kier alpha value is -7.92. The zero-order valence-electron chi connectivity index (χ0n) is 60.7. The zero-order valence-corrected chi connectivity index (χ0v) is 60.7. The molecule has 8 aromatic rings. The highest BCUT2D eigenvalue weighted by Crippen LogP contribution is 2.38. The highest BCUT2D eigenvalue weighted by Gasteiger charge is 2.19. The fraction of sp³-hybridized carbons (Fsp3) is 0.495. The lowest BCUT2D eigenvalue weighted by molar-refractivity contribution is -0.0742. The number of hydrogen-bond donors (Lipinski definition) is 3. The zero-order chi connectivity index (χ0) is 69.8. The van der Waals surface area contributed by atoms with E-state index in [4.69, 9.17) is 48.5 Å². The van der Waals surface area contributed by atoms with Crippen LogP contribution in [0.3, 0.4) is 0 Å². The molecule has 7 atom stereocenters. The van der Waals surface area contributed by atoms with Gasteiger partial charge in [0.15, 0.2) is 12.6 Å². The second-order valence-electron chi connectivity index (χ2n) is 25.6. The first kappa shape index (κ1) is 110. The average molecular weight is 1460 g/mol. The van der Waals surface area contributed by atoms with Gasteiger partial charge in [0, 0.05) is 0 Å². The molecule has 3 N–H and O–H groups in total. The third-order valence-corrected chi connectivity index (χ3v) is 17.2. The Kier molecular flexibility index (Phi) is 63.4. The van der Waals surface area contributed by atoms with Crippen LogP contribution in [-0.2, 0) is 9.47 Å². The minimum Gasteiger partial charge on any atom is -0.508 e. The molecule has 0 aromatic heterocycles. The van der Waals surface area contributed by atoms with Crippen LogP contribution < -0.4 is 23.7 Å². The van der Waals surface area contributed by atoms with Crippen molar-refractivity contribution in [3.63, 3.8) is 0 Å². The molecule has 0 amide bonds. The van der Waals surface area contributed by atoms with Crippen LogP contribution in [0, 0.1) is 0 Å². The Morgan fingerprint density at radius 1 is 0.267 bits per heavy atom. The third kappa shape index (κ3) is 41.0. The molecule has 8 rings (SSSR count). The monoisotopic (exact) mass is 1460 g/mol. The number of phenolic OH excluding ortho intramolecular Hbond substituents is 3. The van der Waals surface area contributed by atoms with Crippen LogP contribution in [0.5, 0.6) is 51.7 Å². The van der Waals surface area contributed by atoms with Crippen molar-refractivity contribution in [3.8, 4) is 51.7 Å². The minimum absolute atomic E-state index is 0. The van der Waals surface area contributed by atoms with Crippen LogP contribution in [0.1, 0.15) is 323 Å². The van der Waals surface area contributed by atoms with Crippen LogP contribution in [0.15, 0.2) is 188 Å². The third-order valence-electron chi connectivity index (χ3n) is 17.2. The van der Waals surface area contributed by atoms with Crippen molar-refractivity contribution in [1.29, 1.82) is 0 Å². The Morgan fingerprint density at radius 3 is 0.800 bits per heavy atom. The molecule has 7 unspecified atom stereocenters. The molecule has 0 radical (unpaired) electrons. The van der Waals surface area contributed by atoms with E-state index in [0.717, 1.165) is 66.6 Å². The van der Waals surface area contributed by atoms with Crippen molar-refractivity contribution >= 4 is 0 Å². The molecule has 0 saturated heterocycles. The molecule has 0 saturated carbocycles. The first-order chi connectivity index (χ1) is 45.5. The van der Waals surface area contributed by atoms with E-state index in [1.54, 1.807) is 36.4 Å². The number of para-hydroxylation sites is 1. The van der Waals surface area contributed by atoms with Gasteiger partial charge in [-0.15, -0.1) is 0 Å². The van der Waals surface area contributed by atoms with E-state index in [9.17, 15) is 0 Å². The topological polar surface area (TPSA) is 125 Å². The summed E-state index contributed by atoms with van der Waals surface area (Å²) in [6.07, 6.45) is 5.02. The molecule has 0 bridgehead atoms. The van der Waals surface area contributed by atoms with Crippen LogP contribution in [-0.4, -0.2) is 54.3 Å². The lowest BCUT2D eigenvalue weighted by atomic mass is 9.88. The number of aromatic hydroxyl groups is 3. The molecular formula is C95H156O10. The van der Waals surface area contributed by atoms with E-state index in [1.807, 2.05) is 129 Å². The Morgan fingerprint density at radius 2 is 0.524 bits per heavy atom. The van der Waals surface area contributed by atoms with E-state index in [1.165, 1.54) is 44.5 Å². The molecule has 0 spiro atoms. The van der Waals surface area contributed by atoms with Gasteiger partial charge in [0.25, 0.3) is 0 Å². The maximum atomic E-state index is 9.01. The number of benzene rings is 8. The molecule has 10 nitrogen and oxygen atoms in total.